The van der Waals surface area contributed by atoms with Gasteiger partial charge < -0.3 is 30.5 Å². The van der Waals surface area contributed by atoms with Gasteiger partial charge in [-0.1, -0.05) is 0 Å². The Kier molecular flexibility index (Phi) is 3.69. The highest BCUT2D eigenvalue weighted by atomic mass is 16.6. The second kappa shape index (κ2) is 5.73. The van der Waals surface area contributed by atoms with Gasteiger partial charge in [-0.15, -0.1) is 0 Å². The van der Waals surface area contributed by atoms with Crippen LogP contribution in [0.4, 0.5) is 5.95 Å². The molecule has 2 aromatic heterocycles. The molecule has 2 fully saturated rings. The summed E-state index contributed by atoms with van der Waals surface area (Å²) in [6, 6.07) is 0. The monoisotopic (exact) mass is 381 g/mol. The molecule has 0 radical (unpaired) electrons. The second-order valence-corrected chi connectivity index (χ2v) is 6.49. The molecule has 27 heavy (non-hydrogen) atoms. The summed E-state index contributed by atoms with van der Waals surface area (Å²) in [6.45, 7) is 0. The van der Waals surface area contributed by atoms with E-state index in [9.17, 15) is 24.6 Å². The first-order valence-corrected chi connectivity index (χ1v) is 7.91. The molecule has 0 bridgehead atoms. The van der Waals surface area contributed by atoms with Crippen LogP contribution in [0.5, 0.6) is 0 Å². The number of aromatic amines is 1. The third kappa shape index (κ3) is 2.55. The zero-order chi connectivity index (χ0) is 19.5. The lowest BCUT2D eigenvalue weighted by Crippen LogP contribution is -2.43. The van der Waals surface area contributed by atoms with E-state index in [-0.39, 0.29) is 23.5 Å². The van der Waals surface area contributed by atoms with Crippen molar-refractivity contribution in [2.45, 2.75) is 43.0 Å². The van der Waals surface area contributed by atoms with Crippen molar-refractivity contribution in [1.29, 1.82) is 0 Å². The fourth-order valence-corrected chi connectivity index (χ4v) is 3.59. The summed E-state index contributed by atoms with van der Waals surface area (Å²) >= 11 is 0. The van der Waals surface area contributed by atoms with Crippen molar-refractivity contribution < 1.29 is 34.4 Å². The number of nitrogen functional groups attached to an aromatic ring is 1. The lowest BCUT2D eigenvalue weighted by Gasteiger charge is -2.26. The molecule has 2 aromatic rings. The number of nitrogens with two attached hydrogens (primary N) is 1. The molecule has 2 aliphatic heterocycles. The molecule has 5 atom stereocenters. The number of carbonyl (C=O) groups is 2. The van der Waals surface area contributed by atoms with Crippen LogP contribution in [0, 0.1) is 0 Å². The van der Waals surface area contributed by atoms with E-state index in [0.717, 1.165) is 0 Å². The SMILES string of the molecule is Nc1nc2c(ncn2[C@@H]2O[C@@H]3C[C@@](CC(=O)O)(C(=O)O)O[C@@H]3[C@H]2O)c(=O)[nH]1. The number of anilines is 1. The molecule has 4 rings (SSSR count). The first-order chi connectivity index (χ1) is 12.7. The zero-order valence-electron chi connectivity index (χ0n) is 13.6. The van der Waals surface area contributed by atoms with Crippen molar-refractivity contribution in [2.24, 2.45) is 0 Å². The van der Waals surface area contributed by atoms with Crippen LogP contribution >= 0.6 is 0 Å². The fraction of sp³-hybridized carbons (Fsp3) is 0.500. The second-order valence-electron chi connectivity index (χ2n) is 6.49. The number of aliphatic carboxylic acids is 2. The number of imidazole rings is 1. The van der Waals surface area contributed by atoms with Crippen molar-refractivity contribution >= 4 is 29.1 Å². The Labute approximate surface area is 149 Å². The number of aliphatic hydroxyl groups excluding tert-OH is 1. The number of carboxylic acid groups (broad SMARTS) is 2. The number of aliphatic hydroxyl groups is 1. The number of fused-ring (bicyclic) bond motifs is 2. The molecule has 0 unspecified atom stereocenters. The van der Waals surface area contributed by atoms with Gasteiger partial charge in [0.25, 0.3) is 5.56 Å². The minimum absolute atomic E-state index is 0.0104. The van der Waals surface area contributed by atoms with E-state index in [0.29, 0.717) is 0 Å². The summed E-state index contributed by atoms with van der Waals surface area (Å²) < 4.78 is 12.5. The van der Waals surface area contributed by atoms with Gasteiger partial charge in [0.1, 0.15) is 12.2 Å². The summed E-state index contributed by atoms with van der Waals surface area (Å²) in [5, 5.41) is 29.0. The third-order valence-corrected chi connectivity index (χ3v) is 4.75. The minimum Gasteiger partial charge on any atom is -0.481 e. The Morgan fingerprint density at radius 2 is 2.19 bits per heavy atom. The van der Waals surface area contributed by atoms with E-state index in [1.807, 2.05) is 0 Å². The van der Waals surface area contributed by atoms with E-state index in [2.05, 4.69) is 15.0 Å². The van der Waals surface area contributed by atoms with E-state index in [4.69, 9.17) is 20.3 Å². The number of nitrogens with zero attached hydrogens (tertiary/aromatic N) is 3. The molecular formula is C14H15N5O8. The Morgan fingerprint density at radius 1 is 1.44 bits per heavy atom. The molecule has 13 nitrogen and oxygen atoms in total. The molecule has 0 spiro atoms. The predicted octanol–water partition coefficient (Wildman–Crippen LogP) is -1.95. The van der Waals surface area contributed by atoms with Crippen molar-refractivity contribution in [1.82, 2.24) is 19.5 Å². The molecule has 4 heterocycles. The van der Waals surface area contributed by atoms with Gasteiger partial charge >= 0.3 is 11.9 Å². The van der Waals surface area contributed by atoms with Crippen LogP contribution < -0.4 is 11.3 Å². The van der Waals surface area contributed by atoms with E-state index >= 15 is 0 Å². The number of hydrogen-bond acceptors (Lipinski definition) is 9. The maximum absolute atomic E-state index is 11.9. The molecular weight excluding hydrogens is 366 g/mol. The van der Waals surface area contributed by atoms with Crippen LogP contribution in [0.25, 0.3) is 11.2 Å². The van der Waals surface area contributed by atoms with E-state index < -0.39 is 54.1 Å². The first-order valence-electron chi connectivity index (χ1n) is 7.91. The van der Waals surface area contributed by atoms with Gasteiger partial charge in [-0.05, 0) is 0 Å². The van der Waals surface area contributed by atoms with Crippen molar-refractivity contribution in [2.75, 3.05) is 5.73 Å². The van der Waals surface area contributed by atoms with Gasteiger partial charge in [0.15, 0.2) is 23.0 Å². The normalized spacial score (nSPS) is 32.6. The quantitative estimate of drug-likeness (QED) is 0.393. The Balaban J connectivity index is 1.66. The van der Waals surface area contributed by atoms with Crippen molar-refractivity contribution in [3.05, 3.63) is 16.7 Å². The first kappa shape index (κ1) is 17.4. The lowest BCUT2D eigenvalue weighted by molar-refractivity contribution is -0.176. The largest absolute Gasteiger partial charge is 0.481 e. The lowest BCUT2D eigenvalue weighted by atomic mass is 9.94. The summed E-state index contributed by atoms with van der Waals surface area (Å²) in [4.78, 5) is 44.6. The molecule has 0 amide bonds. The van der Waals surface area contributed by atoms with Crippen LogP contribution in [-0.4, -0.2) is 70.7 Å². The predicted molar refractivity (Wildman–Crippen MR) is 84.6 cm³/mol. The standard InChI is InChI=1S/C14H15N5O8/c15-13-17-9-6(10(23)18-13)16-3-19(9)11-7(22)8-4(26-11)1-14(27-8,12(24)25)2-5(20)21/h3-4,7-8,11,22H,1-2H2,(H,20,21)(H,24,25)(H3,15,17,18,23)/t4-,7-,8+,11-,14-/m1/s1. The number of carboxylic acids is 2. The highest BCUT2D eigenvalue weighted by molar-refractivity contribution is 5.84. The number of nitrogens with one attached hydrogen (secondary N) is 1. The Morgan fingerprint density at radius 3 is 2.81 bits per heavy atom. The van der Waals surface area contributed by atoms with Crippen molar-refractivity contribution in [3.8, 4) is 0 Å². The van der Waals surface area contributed by atoms with Crippen LogP contribution in [0.3, 0.4) is 0 Å². The topological polar surface area (TPSA) is 203 Å². The van der Waals surface area contributed by atoms with Crippen LogP contribution in [0.2, 0.25) is 0 Å². The molecule has 0 aliphatic carbocycles. The molecule has 6 N–H and O–H groups in total. The summed E-state index contributed by atoms with van der Waals surface area (Å²) in [6.07, 6.45) is -4.12. The number of H-pyrrole nitrogens is 1. The van der Waals surface area contributed by atoms with Gasteiger partial charge in [0, 0.05) is 6.42 Å². The van der Waals surface area contributed by atoms with Gasteiger partial charge in [-0.2, -0.15) is 4.98 Å². The zero-order valence-corrected chi connectivity index (χ0v) is 13.6. The van der Waals surface area contributed by atoms with E-state index in [1.165, 1.54) is 10.9 Å². The van der Waals surface area contributed by atoms with E-state index in [1.54, 1.807) is 0 Å². The van der Waals surface area contributed by atoms with Crippen LogP contribution in [-0.2, 0) is 19.1 Å². The molecule has 13 heteroatoms. The molecule has 144 valence electrons. The molecule has 2 saturated heterocycles. The highest BCUT2D eigenvalue weighted by Gasteiger charge is 2.60. The fourth-order valence-electron chi connectivity index (χ4n) is 3.59. The molecule has 0 saturated carbocycles. The smallest absolute Gasteiger partial charge is 0.336 e. The summed E-state index contributed by atoms with van der Waals surface area (Å²) in [5.41, 5.74) is 3.06. The van der Waals surface area contributed by atoms with Gasteiger partial charge in [0.05, 0.1) is 18.9 Å². The molecule has 0 aromatic carbocycles. The Hall–Kier alpha value is -3.03. The Bertz CT molecular complexity index is 1000. The maximum atomic E-state index is 11.9. The molecule has 2 aliphatic rings. The average Bonchev–Trinajstić information content (AvgIpc) is 3.20. The number of aromatic nitrogens is 4. The summed E-state index contributed by atoms with van der Waals surface area (Å²) in [7, 11) is 0. The maximum Gasteiger partial charge on any atom is 0.336 e. The number of rotatable bonds is 4. The number of ether oxygens (including phenoxy) is 2. The van der Waals surface area contributed by atoms with Gasteiger partial charge in [-0.3, -0.25) is 19.1 Å². The van der Waals surface area contributed by atoms with Crippen LogP contribution in [0.15, 0.2) is 11.1 Å². The van der Waals surface area contributed by atoms with Gasteiger partial charge in [0.2, 0.25) is 5.95 Å². The van der Waals surface area contributed by atoms with Crippen molar-refractivity contribution in [3.63, 3.8) is 0 Å². The minimum atomic E-state index is -1.98. The number of hydrogen-bond donors (Lipinski definition) is 5. The van der Waals surface area contributed by atoms with Crippen LogP contribution in [0.1, 0.15) is 19.1 Å². The summed E-state index contributed by atoms with van der Waals surface area (Å²) in [5.74, 6) is -2.94. The highest BCUT2D eigenvalue weighted by Crippen LogP contribution is 2.45. The van der Waals surface area contributed by atoms with Gasteiger partial charge in [-0.25, -0.2) is 9.78 Å². The third-order valence-electron chi connectivity index (χ3n) is 4.75. The average molecular weight is 381 g/mol.